The van der Waals surface area contributed by atoms with Crippen molar-refractivity contribution in [2.45, 2.75) is 13.1 Å². The van der Waals surface area contributed by atoms with Crippen molar-refractivity contribution in [3.05, 3.63) is 77.9 Å². The molecule has 0 spiro atoms. The van der Waals surface area contributed by atoms with Crippen molar-refractivity contribution in [1.29, 1.82) is 0 Å². The Kier molecular flexibility index (Phi) is 5.06. The van der Waals surface area contributed by atoms with Crippen LogP contribution in [0.4, 0.5) is 0 Å². The number of sulfonamides is 1. The van der Waals surface area contributed by atoms with Crippen molar-refractivity contribution >= 4 is 20.8 Å². The fraction of sp³-hybridized carbons (Fsp3) is 0.200. The number of fused-ring (bicyclic) bond motifs is 1. The third-order valence-corrected chi connectivity index (χ3v) is 5.41. The van der Waals surface area contributed by atoms with E-state index in [9.17, 15) is 8.42 Å². The summed E-state index contributed by atoms with van der Waals surface area (Å²) in [4.78, 5) is 0. The minimum absolute atomic E-state index is 0.325. The molecule has 0 radical (unpaired) electrons. The van der Waals surface area contributed by atoms with E-state index in [1.807, 2.05) is 66.7 Å². The maximum Gasteiger partial charge on any atom is 0.211 e. The van der Waals surface area contributed by atoms with Gasteiger partial charge in [0.1, 0.15) is 5.75 Å². The van der Waals surface area contributed by atoms with Crippen LogP contribution in [0.3, 0.4) is 0 Å². The van der Waals surface area contributed by atoms with Gasteiger partial charge < -0.3 is 4.74 Å². The van der Waals surface area contributed by atoms with Gasteiger partial charge in [-0.05, 0) is 34.0 Å². The molecular formula is C20H21NO3S. The molecule has 0 aliphatic carbocycles. The Morgan fingerprint density at radius 2 is 1.56 bits per heavy atom. The van der Waals surface area contributed by atoms with Gasteiger partial charge in [-0.25, -0.2) is 8.42 Å². The van der Waals surface area contributed by atoms with Crippen LogP contribution in [-0.2, 0) is 23.1 Å². The Balaban J connectivity index is 1.91. The van der Waals surface area contributed by atoms with Crippen molar-refractivity contribution in [2.75, 3.05) is 13.4 Å². The van der Waals surface area contributed by atoms with Gasteiger partial charge in [0.25, 0.3) is 0 Å². The van der Waals surface area contributed by atoms with Crippen molar-refractivity contribution < 1.29 is 13.2 Å². The maximum atomic E-state index is 12.3. The van der Waals surface area contributed by atoms with Gasteiger partial charge in [-0.3, -0.25) is 0 Å². The van der Waals surface area contributed by atoms with Crippen LogP contribution >= 0.6 is 0 Å². The summed E-state index contributed by atoms with van der Waals surface area (Å²) in [7, 11) is -1.73. The first kappa shape index (κ1) is 17.5. The Hall–Kier alpha value is -2.37. The van der Waals surface area contributed by atoms with Crippen LogP contribution in [0.2, 0.25) is 0 Å². The van der Waals surface area contributed by atoms with E-state index < -0.39 is 10.0 Å². The molecule has 130 valence electrons. The Morgan fingerprint density at radius 3 is 2.24 bits per heavy atom. The molecule has 0 saturated heterocycles. The normalized spacial score (nSPS) is 11.8. The summed E-state index contributed by atoms with van der Waals surface area (Å²) >= 11 is 0. The van der Waals surface area contributed by atoms with Gasteiger partial charge in [0, 0.05) is 13.1 Å². The maximum absolute atomic E-state index is 12.3. The average Bonchev–Trinajstić information content (AvgIpc) is 2.61. The number of nitrogens with zero attached hydrogens (tertiary/aromatic N) is 1. The number of rotatable bonds is 6. The van der Waals surface area contributed by atoms with Crippen LogP contribution in [0.5, 0.6) is 5.75 Å². The summed E-state index contributed by atoms with van der Waals surface area (Å²) in [5, 5.41) is 2.19. The molecule has 3 aromatic rings. The fourth-order valence-electron chi connectivity index (χ4n) is 2.85. The first-order valence-corrected chi connectivity index (χ1v) is 9.87. The van der Waals surface area contributed by atoms with Crippen LogP contribution in [0.25, 0.3) is 10.8 Å². The second-order valence-electron chi connectivity index (χ2n) is 6.02. The number of methoxy groups -OCH3 is 1. The molecular weight excluding hydrogens is 334 g/mol. The van der Waals surface area contributed by atoms with Crippen molar-refractivity contribution in [3.8, 4) is 5.75 Å². The molecule has 0 bridgehead atoms. The summed E-state index contributed by atoms with van der Waals surface area (Å²) in [6, 6.07) is 21.5. The van der Waals surface area contributed by atoms with Gasteiger partial charge in [-0.2, -0.15) is 4.31 Å². The molecule has 5 heteroatoms. The molecule has 3 rings (SSSR count). The monoisotopic (exact) mass is 355 g/mol. The van der Waals surface area contributed by atoms with E-state index in [2.05, 4.69) is 0 Å². The second-order valence-corrected chi connectivity index (χ2v) is 8.00. The minimum atomic E-state index is -3.34. The molecule has 0 fully saturated rings. The summed E-state index contributed by atoms with van der Waals surface area (Å²) < 4.78 is 31.3. The predicted molar refractivity (Wildman–Crippen MR) is 101 cm³/mol. The number of hydrogen-bond donors (Lipinski definition) is 0. The van der Waals surface area contributed by atoms with Gasteiger partial charge in [0.15, 0.2) is 0 Å². The van der Waals surface area contributed by atoms with Gasteiger partial charge in [0.05, 0.1) is 13.4 Å². The van der Waals surface area contributed by atoms with E-state index >= 15 is 0 Å². The van der Waals surface area contributed by atoms with E-state index in [0.29, 0.717) is 13.1 Å². The lowest BCUT2D eigenvalue weighted by Crippen LogP contribution is -2.29. The Labute approximate surface area is 148 Å². The minimum Gasteiger partial charge on any atom is -0.497 e. The molecule has 0 heterocycles. The zero-order chi connectivity index (χ0) is 17.9. The smallest absolute Gasteiger partial charge is 0.211 e. The van der Waals surface area contributed by atoms with Crippen molar-refractivity contribution in [1.82, 2.24) is 4.31 Å². The van der Waals surface area contributed by atoms with E-state index in [0.717, 1.165) is 27.6 Å². The zero-order valence-electron chi connectivity index (χ0n) is 14.3. The average molecular weight is 355 g/mol. The summed E-state index contributed by atoms with van der Waals surface area (Å²) in [5.41, 5.74) is 1.92. The van der Waals surface area contributed by atoms with Crippen molar-refractivity contribution in [2.24, 2.45) is 0 Å². The largest absolute Gasteiger partial charge is 0.497 e. The molecule has 3 aromatic carbocycles. The number of hydrogen-bond acceptors (Lipinski definition) is 3. The quantitative estimate of drug-likeness (QED) is 0.675. The topological polar surface area (TPSA) is 46.6 Å². The van der Waals surface area contributed by atoms with Gasteiger partial charge in [-0.1, -0.05) is 54.6 Å². The van der Waals surface area contributed by atoms with Crippen molar-refractivity contribution in [3.63, 3.8) is 0 Å². The van der Waals surface area contributed by atoms with Crippen LogP contribution in [0.15, 0.2) is 66.7 Å². The molecule has 0 aliphatic heterocycles. The standard InChI is InChI=1S/C20H21NO3S/c1-24-19-12-10-16(11-13-19)14-21(25(2,22)23)15-18-8-5-7-17-6-3-4-9-20(17)18/h3-13H,14-15H2,1-2H3. The highest BCUT2D eigenvalue weighted by Gasteiger charge is 2.18. The summed E-state index contributed by atoms with van der Waals surface area (Å²) in [6.45, 7) is 0.665. The van der Waals surface area contributed by atoms with Gasteiger partial charge in [0.2, 0.25) is 10.0 Å². The molecule has 0 atom stereocenters. The van der Waals surface area contributed by atoms with Crippen LogP contribution in [0.1, 0.15) is 11.1 Å². The third kappa shape index (κ3) is 4.18. The highest BCUT2D eigenvalue weighted by molar-refractivity contribution is 7.88. The van der Waals surface area contributed by atoms with Crippen LogP contribution < -0.4 is 4.74 Å². The van der Waals surface area contributed by atoms with Crippen LogP contribution in [0, 0.1) is 0 Å². The SMILES string of the molecule is COc1ccc(CN(Cc2cccc3ccccc23)S(C)(=O)=O)cc1. The highest BCUT2D eigenvalue weighted by Crippen LogP contribution is 2.22. The Bertz CT molecular complexity index is 960. The lowest BCUT2D eigenvalue weighted by Gasteiger charge is -2.21. The first-order chi connectivity index (χ1) is 12.0. The molecule has 4 nitrogen and oxygen atoms in total. The third-order valence-electron chi connectivity index (χ3n) is 4.21. The van der Waals surface area contributed by atoms with E-state index in [1.165, 1.54) is 10.6 Å². The molecule has 0 aliphatic rings. The Morgan fingerprint density at radius 1 is 0.880 bits per heavy atom. The predicted octanol–water partition coefficient (Wildman–Crippen LogP) is 3.81. The summed E-state index contributed by atoms with van der Waals surface area (Å²) in [6.07, 6.45) is 1.25. The molecule has 0 aromatic heterocycles. The highest BCUT2D eigenvalue weighted by atomic mass is 32.2. The van der Waals surface area contributed by atoms with Crippen LogP contribution in [-0.4, -0.2) is 26.1 Å². The molecule has 0 saturated carbocycles. The molecule has 0 unspecified atom stereocenters. The number of ether oxygens (including phenoxy) is 1. The second kappa shape index (κ2) is 7.25. The fourth-order valence-corrected chi connectivity index (χ4v) is 3.60. The lowest BCUT2D eigenvalue weighted by atomic mass is 10.0. The zero-order valence-corrected chi connectivity index (χ0v) is 15.2. The first-order valence-electron chi connectivity index (χ1n) is 8.02. The lowest BCUT2D eigenvalue weighted by molar-refractivity contribution is 0.403. The van der Waals surface area contributed by atoms with E-state index in [-0.39, 0.29) is 0 Å². The molecule has 25 heavy (non-hydrogen) atoms. The molecule has 0 N–H and O–H groups in total. The summed E-state index contributed by atoms with van der Waals surface area (Å²) in [5.74, 6) is 0.753. The van der Waals surface area contributed by atoms with E-state index in [4.69, 9.17) is 4.74 Å². The van der Waals surface area contributed by atoms with E-state index in [1.54, 1.807) is 7.11 Å². The van der Waals surface area contributed by atoms with Gasteiger partial charge >= 0.3 is 0 Å². The molecule has 0 amide bonds. The number of benzene rings is 3. The van der Waals surface area contributed by atoms with Gasteiger partial charge in [-0.15, -0.1) is 0 Å².